The van der Waals surface area contributed by atoms with E-state index < -0.39 is 11.7 Å². The van der Waals surface area contributed by atoms with Crippen molar-refractivity contribution in [1.29, 1.82) is 0 Å². The Kier molecular flexibility index (Phi) is 3.01. The molecular weight excluding hydrogens is 186 g/mol. The number of nitrogen functional groups attached to an aromatic ring is 1. The predicted molar refractivity (Wildman–Crippen MR) is 49.3 cm³/mol. The molecule has 0 aliphatic rings. The number of hydrogen-bond donors (Lipinski definition) is 2. The largest absolute Gasteiger partial charge is 0.457 e. The number of carbonyl (C=O) groups excluding carboxylic acids is 1. The first-order valence-electron chi connectivity index (χ1n) is 3.76. The molecule has 6 heteroatoms. The van der Waals surface area contributed by atoms with Crippen LogP contribution in [0.25, 0.3) is 0 Å². The minimum Gasteiger partial charge on any atom is -0.457 e. The fourth-order valence-corrected chi connectivity index (χ4v) is 0.757. The SMILES string of the molecule is C=CC(=O)OCc1cnc(=O)[nH]c1N. The van der Waals surface area contributed by atoms with Crippen LogP contribution in [-0.2, 0) is 16.1 Å². The molecule has 0 amide bonds. The summed E-state index contributed by atoms with van der Waals surface area (Å²) in [5, 5.41) is 0. The molecule has 6 nitrogen and oxygen atoms in total. The van der Waals surface area contributed by atoms with Crippen LogP contribution in [0.3, 0.4) is 0 Å². The third-order valence-corrected chi connectivity index (χ3v) is 1.46. The number of nitrogens with one attached hydrogen (secondary N) is 1. The molecule has 0 spiro atoms. The highest BCUT2D eigenvalue weighted by Gasteiger charge is 2.03. The van der Waals surface area contributed by atoms with Gasteiger partial charge in [-0.05, 0) is 0 Å². The normalized spacial score (nSPS) is 9.43. The van der Waals surface area contributed by atoms with Crippen LogP contribution in [-0.4, -0.2) is 15.9 Å². The fourth-order valence-electron chi connectivity index (χ4n) is 0.757. The van der Waals surface area contributed by atoms with E-state index in [1.54, 1.807) is 0 Å². The molecule has 1 rings (SSSR count). The summed E-state index contributed by atoms with van der Waals surface area (Å²) < 4.78 is 4.70. The van der Waals surface area contributed by atoms with Gasteiger partial charge in [-0.2, -0.15) is 0 Å². The second kappa shape index (κ2) is 4.22. The Labute approximate surface area is 79.4 Å². The summed E-state index contributed by atoms with van der Waals surface area (Å²) >= 11 is 0. The van der Waals surface area contributed by atoms with Crippen molar-refractivity contribution in [3.8, 4) is 0 Å². The maximum absolute atomic E-state index is 10.7. The third kappa shape index (κ3) is 2.44. The Morgan fingerprint density at radius 2 is 2.50 bits per heavy atom. The van der Waals surface area contributed by atoms with E-state index in [0.29, 0.717) is 5.56 Å². The van der Waals surface area contributed by atoms with Gasteiger partial charge in [0.15, 0.2) is 0 Å². The van der Waals surface area contributed by atoms with Gasteiger partial charge in [-0.25, -0.2) is 14.6 Å². The van der Waals surface area contributed by atoms with Gasteiger partial charge in [-0.15, -0.1) is 0 Å². The number of ether oxygens (including phenoxy) is 1. The monoisotopic (exact) mass is 195 g/mol. The smallest absolute Gasteiger partial charge is 0.346 e. The molecule has 1 heterocycles. The van der Waals surface area contributed by atoms with Gasteiger partial charge < -0.3 is 10.5 Å². The number of nitrogens with two attached hydrogens (primary N) is 1. The lowest BCUT2D eigenvalue weighted by Gasteiger charge is -2.03. The first-order chi connectivity index (χ1) is 6.63. The van der Waals surface area contributed by atoms with Crippen molar-refractivity contribution in [3.63, 3.8) is 0 Å². The Morgan fingerprint density at radius 1 is 1.79 bits per heavy atom. The Morgan fingerprint density at radius 3 is 3.07 bits per heavy atom. The summed E-state index contributed by atoms with van der Waals surface area (Å²) in [6.07, 6.45) is 2.29. The molecule has 0 aliphatic carbocycles. The molecular formula is C8H9N3O3. The standard InChI is InChI=1S/C8H9N3O3/c1-2-6(12)14-4-5-3-10-8(13)11-7(5)9/h2-3H,1,4H2,(H3,9,10,11,13). The highest BCUT2D eigenvalue weighted by molar-refractivity contribution is 5.81. The average molecular weight is 195 g/mol. The quantitative estimate of drug-likeness (QED) is 0.504. The van der Waals surface area contributed by atoms with E-state index >= 15 is 0 Å². The van der Waals surface area contributed by atoms with Crippen LogP contribution in [0, 0.1) is 0 Å². The van der Waals surface area contributed by atoms with Crippen molar-refractivity contribution in [3.05, 3.63) is 34.9 Å². The highest BCUT2D eigenvalue weighted by atomic mass is 16.5. The average Bonchev–Trinajstić information content (AvgIpc) is 2.16. The summed E-state index contributed by atoms with van der Waals surface area (Å²) in [6, 6.07) is 0. The highest BCUT2D eigenvalue weighted by Crippen LogP contribution is 2.04. The zero-order chi connectivity index (χ0) is 10.6. The van der Waals surface area contributed by atoms with E-state index in [4.69, 9.17) is 10.5 Å². The number of carbonyl (C=O) groups is 1. The van der Waals surface area contributed by atoms with E-state index in [2.05, 4.69) is 16.5 Å². The molecule has 0 aromatic carbocycles. The maximum atomic E-state index is 10.7. The summed E-state index contributed by atoms with van der Waals surface area (Å²) in [7, 11) is 0. The van der Waals surface area contributed by atoms with E-state index in [1.165, 1.54) is 6.20 Å². The molecule has 74 valence electrons. The van der Waals surface area contributed by atoms with Crippen molar-refractivity contribution in [1.82, 2.24) is 9.97 Å². The van der Waals surface area contributed by atoms with Crippen LogP contribution >= 0.6 is 0 Å². The van der Waals surface area contributed by atoms with Crippen LogP contribution in [0.4, 0.5) is 5.82 Å². The minimum atomic E-state index is -0.560. The molecule has 14 heavy (non-hydrogen) atoms. The number of aromatic nitrogens is 2. The zero-order valence-electron chi connectivity index (χ0n) is 7.32. The van der Waals surface area contributed by atoms with Gasteiger partial charge in [-0.3, -0.25) is 4.98 Å². The Hall–Kier alpha value is -2.11. The molecule has 1 aromatic rings. The topological polar surface area (TPSA) is 98.1 Å². The molecule has 0 fully saturated rings. The lowest BCUT2D eigenvalue weighted by atomic mass is 10.3. The van der Waals surface area contributed by atoms with E-state index in [-0.39, 0.29) is 12.4 Å². The molecule has 0 radical (unpaired) electrons. The lowest BCUT2D eigenvalue weighted by Crippen LogP contribution is -2.15. The van der Waals surface area contributed by atoms with Crippen LogP contribution in [0.5, 0.6) is 0 Å². The van der Waals surface area contributed by atoms with Gasteiger partial charge in [0.1, 0.15) is 12.4 Å². The number of hydrogen-bond acceptors (Lipinski definition) is 5. The van der Waals surface area contributed by atoms with Crippen LogP contribution in [0.15, 0.2) is 23.6 Å². The van der Waals surface area contributed by atoms with Crippen molar-refractivity contribution in [2.75, 3.05) is 5.73 Å². The van der Waals surface area contributed by atoms with Gasteiger partial charge >= 0.3 is 11.7 Å². The van der Waals surface area contributed by atoms with Crippen LogP contribution < -0.4 is 11.4 Å². The summed E-state index contributed by atoms with van der Waals surface area (Å²) in [4.78, 5) is 27.1. The fraction of sp³-hybridized carbons (Fsp3) is 0.125. The van der Waals surface area contributed by atoms with Crippen molar-refractivity contribution < 1.29 is 9.53 Å². The number of nitrogens with zero attached hydrogens (tertiary/aromatic N) is 1. The van der Waals surface area contributed by atoms with Gasteiger partial charge in [0.25, 0.3) is 0 Å². The van der Waals surface area contributed by atoms with Gasteiger partial charge in [0, 0.05) is 17.8 Å². The Balaban J connectivity index is 2.72. The van der Waals surface area contributed by atoms with Gasteiger partial charge in [0.05, 0.1) is 0 Å². The van der Waals surface area contributed by atoms with Crippen molar-refractivity contribution in [2.24, 2.45) is 0 Å². The predicted octanol–water partition coefficient (Wildman–Crippen LogP) is -0.419. The third-order valence-electron chi connectivity index (χ3n) is 1.46. The number of esters is 1. The zero-order valence-corrected chi connectivity index (χ0v) is 7.32. The lowest BCUT2D eigenvalue weighted by molar-refractivity contribution is -0.138. The molecule has 0 aliphatic heterocycles. The second-order valence-corrected chi connectivity index (χ2v) is 2.44. The molecule has 0 atom stereocenters. The molecule has 0 saturated carbocycles. The number of rotatable bonds is 3. The Bertz CT molecular complexity index is 411. The molecule has 3 N–H and O–H groups in total. The number of H-pyrrole nitrogens is 1. The van der Waals surface area contributed by atoms with Gasteiger partial charge in [-0.1, -0.05) is 6.58 Å². The van der Waals surface area contributed by atoms with E-state index in [1.807, 2.05) is 0 Å². The van der Waals surface area contributed by atoms with Crippen molar-refractivity contribution >= 4 is 11.8 Å². The second-order valence-electron chi connectivity index (χ2n) is 2.44. The van der Waals surface area contributed by atoms with Gasteiger partial charge in [0.2, 0.25) is 0 Å². The molecule has 0 saturated heterocycles. The van der Waals surface area contributed by atoms with Crippen LogP contribution in [0.2, 0.25) is 0 Å². The summed E-state index contributed by atoms with van der Waals surface area (Å²) in [6.45, 7) is 3.19. The first kappa shape index (κ1) is 9.97. The van der Waals surface area contributed by atoms with E-state index in [0.717, 1.165) is 6.08 Å². The molecule has 1 aromatic heterocycles. The van der Waals surface area contributed by atoms with Crippen molar-refractivity contribution in [2.45, 2.75) is 6.61 Å². The minimum absolute atomic E-state index is 0.0412. The summed E-state index contributed by atoms with van der Waals surface area (Å²) in [5.41, 5.74) is 5.34. The first-order valence-corrected chi connectivity index (χ1v) is 3.76. The molecule has 0 unspecified atom stereocenters. The summed E-state index contributed by atoms with van der Waals surface area (Å²) in [5.74, 6) is -0.419. The maximum Gasteiger partial charge on any atom is 0.346 e. The van der Waals surface area contributed by atoms with E-state index in [9.17, 15) is 9.59 Å². The number of anilines is 1. The van der Waals surface area contributed by atoms with Crippen LogP contribution in [0.1, 0.15) is 5.56 Å². The number of aromatic amines is 1. The molecule has 0 bridgehead atoms.